The number of hydrogen-bond acceptors (Lipinski definition) is 3. The number of hydrogen-bond donors (Lipinski definition) is 1. The molecule has 1 aromatic heterocycles. The lowest BCUT2D eigenvalue weighted by Crippen LogP contribution is -2.05. The molecule has 2 rings (SSSR count). The third-order valence-electron chi connectivity index (χ3n) is 2.38. The molecular weight excluding hydrogens is 284 g/mol. The number of benzene rings is 1. The molecule has 2 aromatic rings. The first-order valence-electron chi connectivity index (χ1n) is 5.32. The van der Waals surface area contributed by atoms with Crippen LogP contribution in [0.5, 0.6) is 11.5 Å². The minimum Gasteiger partial charge on any atom is -0.508 e. The average molecular weight is 297 g/mol. The van der Waals surface area contributed by atoms with E-state index in [9.17, 15) is 0 Å². The molecule has 1 aromatic carbocycles. The van der Waals surface area contributed by atoms with Crippen LogP contribution in [-0.2, 0) is 13.2 Å². The van der Waals surface area contributed by atoms with Crippen molar-refractivity contribution in [1.82, 2.24) is 9.55 Å². The van der Waals surface area contributed by atoms with Crippen LogP contribution in [-0.4, -0.2) is 14.7 Å². The lowest BCUT2D eigenvalue weighted by atomic mass is 10.3. The van der Waals surface area contributed by atoms with Gasteiger partial charge in [0.05, 0.1) is 0 Å². The molecule has 0 radical (unpaired) electrons. The van der Waals surface area contributed by atoms with Crippen LogP contribution in [0.3, 0.4) is 0 Å². The van der Waals surface area contributed by atoms with Crippen molar-refractivity contribution in [2.45, 2.75) is 20.1 Å². The molecule has 0 saturated heterocycles. The molecule has 1 heterocycles. The summed E-state index contributed by atoms with van der Waals surface area (Å²) >= 11 is 3.34. The summed E-state index contributed by atoms with van der Waals surface area (Å²) in [6.07, 6.45) is 1.93. The van der Waals surface area contributed by atoms with Crippen molar-refractivity contribution in [2.75, 3.05) is 0 Å². The zero-order chi connectivity index (χ0) is 12.3. The molecule has 0 atom stereocenters. The number of phenols is 1. The maximum atomic E-state index is 9.15. The number of halogens is 1. The fourth-order valence-electron chi connectivity index (χ4n) is 1.50. The molecule has 1 N–H and O–H groups in total. The normalized spacial score (nSPS) is 10.5. The molecule has 0 fully saturated rings. The van der Waals surface area contributed by atoms with Crippen LogP contribution in [0.4, 0.5) is 0 Å². The van der Waals surface area contributed by atoms with Crippen molar-refractivity contribution in [3.63, 3.8) is 0 Å². The molecule has 17 heavy (non-hydrogen) atoms. The lowest BCUT2D eigenvalue weighted by molar-refractivity contribution is 0.289. The number of aryl methyl sites for hydroxylation is 1. The third-order valence-corrected chi connectivity index (χ3v) is 2.76. The Balaban J connectivity index is 2.04. The molecular formula is C12H13BrN2O2. The molecule has 0 saturated carbocycles. The monoisotopic (exact) mass is 296 g/mol. The Kier molecular flexibility index (Phi) is 3.68. The van der Waals surface area contributed by atoms with Gasteiger partial charge in [-0.3, -0.25) is 0 Å². The predicted octanol–water partition coefficient (Wildman–Crippen LogP) is 2.95. The maximum Gasteiger partial charge on any atom is 0.148 e. The molecule has 0 unspecified atom stereocenters. The Morgan fingerprint density at radius 3 is 2.71 bits per heavy atom. The van der Waals surface area contributed by atoms with Crippen LogP contribution >= 0.6 is 15.9 Å². The van der Waals surface area contributed by atoms with Gasteiger partial charge in [0.1, 0.15) is 28.5 Å². The third kappa shape index (κ3) is 3.00. The Morgan fingerprint density at radius 2 is 2.06 bits per heavy atom. The Morgan fingerprint density at radius 1 is 1.35 bits per heavy atom. The van der Waals surface area contributed by atoms with Crippen molar-refractivity contribution in [2.24, 2.45) is 0 Å². The second-order valence-corrected chi connectivity index (χ2v) is 4.36. The molecule has 0 amide bonds. The van der Waals surface area contributed by atoms with E-state index in [-0.39, 0.29) is 5.75 Å². The Labute approximate surface area is 108 Å². The van der Waals surface area contributed by atoms with Crippen LogP contribution in [0.1, 0.15) is 12.7 Å². The van der Waals surface area contributed by atoms with E-state index in [1.54, 1.807) is 24.3 Å². The fourth-order valence-corrected chi connectivity index (χ4v) is 1.95. The van der Waals surface area contributed by atoms with Gasteiger partial charge in [-0.05, 0) is 47.1 Å². The van der Waals surface area contributed by atoms with Crippen molar-refractivity contribution in [3.8, 4) is 11.5 Å². The first-order valence-corrected chi connectivity index (χ1v) is 6.11. The van der Waals surface area contributed by atoms with Crippen LogP contribution in [0.15, 0.2) is 35.1 Å². The fraction of sp³-hybridized carbons (Fsp3) is 0.250. The summed E-state index contributed by atoms with van der Waals surface area (Å²) in [5, 5.41) is 9.15. The number of aromatic nitrogens is 2. The molecule has 5 heteroatoms. The van der Waals surface area contributed by atoms with Crippen molar-refractivity contribution >= 4 is 15.9 Å². The number of phenolic OH excluding ortho intramolecular Hbond substituents is 1. The van der Waals surface area contributed by atoms with Gasteiger partial charge in [0.25, 0.3) is 0 Å². The number of nitrogens with zero attached hydrogens (tertiary/aromatic N) is 2. The van der Waals surface area contributed by atoms with E-state index < -0.39 is 0 Å². The van der Waals surface area contributed by atoms with Gasteiger partial charge in [-0.15, -0.1) is 0 Å². The van der Waals surface area contributed by atoms with E-state index >= 15 is 0 Å². The van der Waals surface area contributed by atoms with Gasteiger partial charge in [0, 0.05) is 12.7 Å². The summed E-state index contributed by atoms with van der Waals surface area (Å²) < 4.78 is 8.41. The quantitative estimate of drug-likeness (QED) is 0.944. The molecule has 0 spiro atoms. The van der Waals surface area contributed by atoms with Gasteiger partial charge < -0.3 is 14.4 Å². The van der Waals surface area contributed by atoms with E-state index in [4.69, 9.17) is 9.84 Å². The zero-order valence-corrected chi connectivity index (χ0v) is 11.0. The topological polar surface area (TPSA) is 47.3 Å². The van der Waals surface area contributed by atoms with Crippen LogP contribution in [0, 0.1) is 0 Å². The van der Waals surface area contributed by atoms with E-state index in [0.29, 0.717) is 12.4 Å². The highest BCUT2D eigenvalue weighted by Crippen LogP contribution is 2.18. The molecule has 90 valence electrons. The molecule has 0 bridgehead atoms. The van der Waals surface area contributed by atoms with Gasteiger partial charge >= 0.3 is 0 Å². The molecule has 0 aliphatic rings. The largest absolute Gasteiger partial charge is 0.508 e. The predicted molar refractivity (Wildman–Crippen MR) is 68.0 cm³/mol. The van der Waals surface area contributed by atoms with E-state index in [0.717, 1.165) is 17.0 Å². The smallest absolute Gasteiger partial charge is 0.148 e. The summed E-state index contributed by atoms with van der Waals surface area (Å²) in [5.74, 6) is 1.81. The molecule has 0 aliphatic heterocycles. The van der Waals surface area contributed by atoms with Crippen molar-refractivity contribution < 1.29 is 9.84 Å². The highest BCUT2D eigenvalue weighted by molar-refractivity contribution is 9.10. The van der Waals surface area contributed by atoms with Gasteiger partial charge in [-0.1, -0.05) is 0 Å². The summed E-state index contributed by atoms with van der Waals surface area (Å²) in [4.78, 5) is 4.32. The van der Waals surface area contributed by atoms with E-state index in [1.165, 1.54) is 0 Å². The van der Waals surface area contributed by atoms with Crippen LogP contribution in [0.25, 0.3) is 0 Å². The van der Waals surface area contributed by atoms with Crippen LogP contribution in [0.2, 0.25) is 0 Å². The molecule has 0 aliphatic carbocycles. The first-order chi connectivity index (χ1) is 8.19. The average Bonchev–Trinajstić information content (AvgIpc) is 2.69. The van der Waals surface area contributed by atoms with E-state index in [1.807, 2.05) is 10.8 Å². The standard InChI is InChI=1S/C12H13BrN2O2/c1-2-15-7-11(13)14-12(15)8-17-10-5-3-9(16)4-6-10/h3-7,16H,2,8H2,1H3. The summed E-state index contributed by atoms with van der Waals surface area (Å²) in [5.41, 5.74) is 0. The van der Waals surface area contributed by atoms with Crippen LogP contribution < -0.4 is 4.74 Å². The number of ether oxygens (including phenoxy) is 1. The van der Waals surface area contributed by atoms with Crippen molar-refractivity contribution in [1.29, 1.82) is 0 Å². The van der Waals surface area contributed by atoms with E-state index in [2.05, 4.69) is 27.8 Å². The Bertz CT molecular complexity index is 494. The highest BCUT2D eigenvalue weighted by atomic mass is 79.9. The van der Waals surface area contributed by atoms with Crippen molar-refractivity contribution in [3.05, 3.63) is 40.9 Å². The highest BCUT2D eigenvalue weighted by Gasteiger charge is 2.05. The minimum absolute atomic E-state index is 0.232. The SMILES string of the molecule is CCn1cc(Br)nc1COc1ccc(O)cc1. The molecule has 4 nitrogen and oxygen atoms in total. The zero-order valence-electron chi connectivity index (χ0n) is 9.43. The summed E-state index contributed by atoms with van der Waals surface area (Å²) in [7, 11) is 0. The van der Waals surface area contributed by atoms with Gasteiger partial charge in [0.15, 0.2) is 0 Å². The maximum absolute atomic E-state index is 9.15. The Hall–Kier alpha value is -1.49. The number of aromatic hydroxyl groups is 1. The minimum atomic E-state index is 0.232. The van der Waals surface area contributed by atoms with Gasteiger partial charge in [0.2, 0.25) is 0 Å². The number of imidazole rings is 1. The van der Waals surface area contributed by atoms with Gasteiger partial charge in [-0.25, -0.2) is 4.98 Å². The van der Waals surface area contributed by atoms with Gasteiger partial charge in [-0.2, -0.15) is 0 Å². The summed E-state index contributed by atoms with van der Waals surface area (Å²) in [6, 6.07) is 6.64. The second-order valence-electron chi connectivity index (χ2n) is 3.55. The number of rotatable bonds is 4. The lowest BCUT2D eigenvalue weighted by Gasteiger charge is -2.07. The first kappa shape index (κ1) is 12.0. The summed E-state index contributed by atoms with van der Waals surface area (Å²) in [6.45, 7) is 3.31. The second kappa shape index (κ2) is 5.23.